The summed E-state index contributed by atoms with van der Waals surface area (Å²) < 4.78 is 48.5. The van der Waals surface area contributed by atoms with Gasteiger partial charge in [-0.25, -0.2) is 0 Å². The van der Waals surface area contributed by atoms with E-state index in [1.807, 2.05) is 0 Å². The number of carbonyl (C=O) groups excluding carboxylic acids is 1. The van der Waals surface area contributed by atoms with Crippen molar-refractivity contribution in [2.75, 3.05) is 26.2 Å². The lowest BCUT2D eigenvalue weighted by Gasteiger charge is -2.23. The van der Waals surface area contributed by atoms with Crippen LogP contribution in [0.15, 0.2) is 16.5 Å². The van der Waals surface area contributed by atoms with Gasteiger partial charge in [0.1, 0.15) is 5.76 Å². The highest BCUT2D eigenvalue weighted by molar-refractivity contribution is 5.91. The SMILES string of the molecule is O=C(c1ccc(CN2CCCC2)o1)N1CCOC1C(F)(F)F. The zero-order chi connectivity index (χ0) is 15.7. The van der Waals surface area contributed by atoms with Crippen LogP contribution in [0.3, 0.4) is 0 Å². The normalized spacial score (nSPS) is 23.4. The molecule has 2 aliphatic rings. The van der Waals surface area contributed by atoms with Gasteiger partial charge >= 0.3 is 6.18 Å². The molecule has 1 aromatic rings. The molecule has 3 heterocycles. The lowest BCUT2D eigenvalue weighted by Crippen LogP contribution is -2.45. The standard InChI is InChI=1S/C14H17F3N2O3/c15-14(16,17)13-19(7-8-21-13)12(20)11-4-3-10(22-11)9-18-5-1-2-6-18/h3-4,13H,1-2,5-9H2. The fraction of sp³-hybridized carbons (Fsp3) is 0.643. The lowest BCUT2D eigenvalue weighted by atomic mass is 10.3. The van der Waals surface area contributed by atoms with Gasteiger partial charge < -0.3 is 14.1 Å². The first-order chi connectivity index (χ1) is 10.4. The summed E-state index contributed by atoms with van der Waals surface area (Å²) in [5.41, 5.74) is 0. The number of rotatable bonds is 3. The van der Waals surface area contributed by atoms with Crippen molar-refractivity contribution < 1.29 is 27.1 Å². The number of hydrogen-bond donors (Lipinski definition) is 0. The van der Waals surface area contributed by atoms with Crippen molar-refractivity contribution in [2.24, 2.45) is 0 Å². The number of carbonyl (C=O) groups is 1. The maximum absolute atomic E-state index is 12.8. The Balaban J connectivity index is 1.68. The number of alkyl halides is 3. The molecule has 0 aliphatic carbocycles. The van der Waals surface area contributed by atoms with Gasteiger partial charge in [-0.15, -0.1) is 0 Å². The number of hydrogen-bond acceptors (Lipinski definition) is 4. The van der Waals surface area contributed by atoms with E-state index in [2.05, 4.69) is 9.64 Å². The van der Waals surface area contributed by atoms with Gasteiger partial charge in [0, 0.05) is 6.54 Å². The second kappa shape index (κ2) is 5.92. The summed E-state index contributed by atoms with van der Waals surface area (Å²) in [6.07, 6.45) is -4.53. The molecule has 2 saturated heterocycles. The zero-order valence-corrected chi connectivity index (χ0v) is 11.9. The van der Waals surface area contributed by atoms with Gasteiger partial charge in [-0.3, -0.25) is 9.69 Å². The fourth-order valence-electron chi connectivity index (χ4n) is 2.83. The first-order valence-electron chi connectivity index (χ1n) is 7.25. The van der Waals surface area contributed by atoms with Crippen molar-refractivity contribution in [3.05, 3.63) is 23.7 Å². The summed E-state index contributed by atoms with van der Waals surface area (Å²) in [6.45, 7) is 2.30. The average molecular weight is 318 g/mol. The molecule has 2 fully saturated rings. The van der Waals surface area contributed by atoms with Crippen LogP contribution in [0.4, 0.5) is 13.2 Å². The van der Waals surface area contributed by atoms with Crippen LogP contribution in [0.5, 0.6) is 0 Å². The molecule has 0 N–H and O–H groups in total. The molecule has 3 rings (SSSR count). The Hall–Kier alpha value is -1.54. The first-order valence-corrected chi connectivity index (χ1v) is 7.25. The van der Waals surface area contributed by atoms with Gasteiger partial charge in [-0.05, 0) is 38.1 Å². The summed E-state index contributed by atoms with van der Waals surface area (Å²) in [5, 5.41) is 0. The van der Waals surface area contributed by atoms with Crippen LogP contribution in [-0.4, -0.2) is 54.4 Å². The van der Waals surface area contributed by atoms with Crippen LogP contribution in [-0.2, 0) is 11.3 Å². The van der Waals surface area contributed by atoms with E-state index in [0.29, 0.717) is 17.2 Å². The maximum atomic E-state index is 12.8. The number of ether oxygens (including phenoxy) is 1. The van der Waals surface area contributed by atoms with Crippen molar-refractivity contribution in [1.29, 1.82) is 0 Å². The minimum absolute atomic E-state index is 0.0750. The van der Waals surface area contributed by atoms with Gasteiger partial charge in [0.05, 0.1) is 13.2 Å². The molecule has 0 radical (unpaired) electrons. The lowest BCUT2D eigenvalue weighted by molar-refractivity contribution is -0.232. The molecule has 1 aromatic heterocycles. The molecule has 1 unspecified atom stereocenters. The molecule has 1 amide bonds. The topological polar surface area (TPSA) is 45.9 Å². The van der Waals surface area contributed by atoms with Crippen molar-refractivity contribution in [3.8, 4) is 0 Å². The van der Waals surface area contributed by atoms with Crippen LogP contribution < -0.4 is 0 Å². The fourth-order valence-corrected chi connectivity index (χ4v) is 2.83. The Labute approximate surface area is 125 Å². The molecular formula is C14H17F3N2O3. The molecule has 122 valence electrons. The molecule has 5 nitrogen and oxygen atoms in total. The second-order valence-electron chi connectivity index (χ2n) is 5.51. The smallest absolute Gasteiger partial charge is 0.433 e. The summed E-state index contributed by atoms with van der Waals surface area (Å²) >= 11 is 0. The van der Waals surface area contributed by atoms with E-state index in [-0.39, 0.29) is 18.9 Å². The van der Waals surface area contributed by atoms with E-state index in [1.165, 1.54) is 6.07 Å². The van der Waals surface area contributed by atoms with Crippen LogP contribution in [0, 0.1) is 0 Å². The van der Waals surface area contributed by atoms with Gasteiger partial charge in [0.25, 0.3) is 5.91 Å². The zero-order valence-electron chi connectivity index (χ0n) is 11.9. The van der Waals surface area contributed by atoms with E-state index in [1.54, 1.807) is 6.07 Å². The summed E-state index contributed by atoms with van der Waals surface area (Å²) in [5.74, 6) is -0.268. The van der Waals surface area contributed by atoms with Crippen molar-refractivity contribution in [1.82, 2.24) is 9.80 Å². The summed E-state index contributed by atoms with van der Waals surface area (Å²) in [4.78, 5) is 15.0. The van der Waals surface area contributed by atoms with E-state index >= 15 is 0 Å². The van der Waals surface area contributed by atoms with E-state index in [9.17, 15) is 18.0 Å². The number of nitrogens with zero attached hydrogens (tertiary/aromatic N) is 2. The Bertz CT molecular complexity index is 538. The molecular weight excluding hydrogens is 301 g/mol. The summed E-state index contributed by atoms with van der Waals surface area (Å²) in [6, 6.07) is 3.07. The Morgan fingerprint density at radius 2 is 1.95 bits per heavy atom. The molecule has 0 bridgehead atoms. The highest BCUT2D eigenvalue weighted by atomic mass is 19.4. The number of furan rings is 1. The largest absolute Gasteiger partial charge is 0.455 e. The molecule has 0 spiro atoms. The van der Waals surface area contributed by atoms with Crippen molar-refractivity contribution in [2.45, 2.75) is 31.8 Å². The molecule has 1 atom stereocenters. The van der Waals surface area contributed by atoms with Crippen LogP contribution in [0.25, 0.3) is 0 Å². The molecule has 2 aliphatic heterocycles. The monoisotopic (exact) mass is 318 g/mol. The quantitative estimate of drug-likeness (QED) is 0.857. The van der Waals surface area contributed by atoms with E-state index < -0.39 is 18.3 Å². The van der Waals surface area contributed by atoms with Crippen LogP contribution in [0.1, 0.15) is 29.2 Å². The number of halogens is 3. The molecule has 8 heteroatoms. The molecule has 0 aromatic carbocycles. The molecule has 22 heavy (non-hydrogen) atoms. The predicted molar refractivity (Wildman–Crippen MR) is 70.1 cm³/mol. The number of likely N-dealkylation sites (tertiary alicyclic amines) is 1. The second-order valence-corrected chi connectivity index (χ2v) is 5.51. The van der Waals surface area contributed by atoms with Gasteiger partial charge in [0.15, 0.2) is 5.76 Å². The Morgan fingerprint density at radius 1 is 1.23 bits per heavy atom. The highest BCUT2D eigenvalue weighted by Gasteiger charge is 2.50. The van der Waals surface area contributed by atoms with Crippen LogP contribution >= 0.6 is 0 Å². The molecule has 0 saturated carbocycles. The third-order valence-electron chi connectivity index (χ3n) is 3.88. The Morgan fingerprint density at radius 3 is 2.64 bits per heavy atom. The van der Waals surface area contributed by atoms with Gasteiger partial charge in [0.2, 0.25) is 6.23 Å². The minimum atomic E-state index is -4.60. The third kappa shape index (κ3) is 3.12. The van der Waals surface area contributed by atoms with E-state index in [0.717, 1.165) is 25.9 Å². The van der Waals surface area contributed by atoms with E-state index in [4.69, 9.17) is 4.42 Å². The Kier molecular flexibility index (Phi) is 4.14. The summed E-state index contributed by atoms with van der Waals surface area (Å²) in [7, 11) is 0. The van der Waals surface area contributed by atoms with Crippen molar-refractivity contribution in [3.63, 3.8) is 0 Å². The van der Waals surface area contributed by atoms with Gasteiger partial charge in [-0.2, -0.15) is 13.2 Å². The first kappa shape index (κ1) is 15.4. The van der Waals surface area contributed by atoms with Gasteiger partial charge in [-0.1, -0.05) is 0 Å². The maximum Gasteiger partial charge on any atom is 0.433 e. The minimum Gasteiger partial charge on any atom is -0.455 e. The number of amides is 1. The highest BCUT2D eigenvalue weighted by Crippen LogP contribution is 2.30. The predicted octanol–water partition coefficient (Wildman–Crippen LogP) is 2.24. The van der Waals surface area contributed by atoms with Crippen molar-refractivity contribution >= 4 is 5.91 Å². The third-order valence-corrected chi connectivity index (χ3v) is 3.88. The van der Waals surface area contributed by atoms with Crippen LogP contribution in [0.2, 0.25) is 0 Å². The average Bonchev–Trinajstić information content (AvgIpc) is 3.19.